The molecule has 0 unspecified atom stereocenters. The van der Waals surface area contributed by atoms with Gasteiger partial charge >= 0.3 is 0 Å². The van der Waals surface area contributed by atoms with E-state index in [9.17, 15) is 13.2 Å². The number of benzene rings is 4. The van der Waals surface area contributed by atoms with Crippen molar-refractivity contribution in [3.05, 3.63) is 78.4 Å². The third kappa shape index (κ3) is 2.60. The Morgan fingerprint density at radius 2 is 1.59 bits per heavy atom. The summed E-state index contributed by atoms with van der Waals surface area (Å²) >= 11 is 0. The van der Waals surface area contributed by atoms with E-state index in [1.807, 2.05) is 43.3 Å². The van der Waals surface area contributed by atoms with Crippen LogP contribution in [-0.2, 0) is 10.0 Å². The van der Waals surface area contributed by atoms with Crippen molar-refractivity contribution in [1.82, 2.24) is 0 Å². The molecule has 0 fully saturated rings. The van der Waals surface area contributed by atoms with Crippen molar-refractivity contribution in [2.75, 3.05) is 16.2 Å². The fourth-order valence-electron chi connectivity index (χ4n) is 4.08. The van der Waals surface area contributed by atoms with Gasteiger partial charge in [0, 0.05) is 28.3 Å². The first-order valence-corrected chi connectivity index (χ1v) is 10.9. The van der Waals surface area contributed by atoms with Crippen LogP contribution in [0.2, 0.25) is 0 Å². The molecule has 1 heterocycles. The van der Waals surface area contributed by atoms with Gasteiger partial charge in [-0.3, -0.25) is 9.52 Å². The standard InChI is InChI=1S/C23H18N2O3S/c1-2-25-20-13-14-21(17-10-6-11-18(22(17)20)23(25)26)29(27,28)24-19-12-5-8-15-7-3-4-9-16(15)19/h3-14,24H,2H2,1H3. The van der Waals surface area contributed by atoms with Crippen LogP contribution in [0.1, 0.15) is 17.3 Å². The average molecular weight is 402 g/mol. The minimum absolute atomic E-state index is 0.0929. The van der Waals surface area contributed by atoms with Gasteiger partial charge in [-0.2, -0.15) is 0 Å². The van der Waals surface area contributed by atoms with E-state index in [0.717, 1.165) is 16.5 Å². The molecule has 0 aromatic heterocycles. The fourth-order valence-corrected chi connectivity index (χ4v) is 5.37. The summed E-state index contributed by atoms with van der Waals surface area (Å²) in [6.07, 6.45) is 0. The van der Waals surface area contributed by atoms with Crippen molar-refractivity contribution in [3.63, 3.8) is 0 Å². The summed E-state index contributed by atoms with van der Waals surface area (Å²) < 4.78 is 29.4. The van der Waals surface area contributed by atoms with Crippen LogP contribution < -0.4 is 9.62 Å². The van der Waals surface area contributed by atoms with E-state index >= 15 is 0 Å². The summed E-state index contributed by atoms with van der Waals surface area (Å²) in [4.78, 5) is 14.5. The van der Waals surface area contributed by atoms with Crippen LogP contribution in [0.4, 0.5) is 11.4 Å². The number of carbonyl (C=O) groups is 1. The number of hydrogen-bond donors (Lipinski definition) is 1. The van der Waals surface area contributed by atoms with Gasteiger partial charge in [0.1, 0.15) is 0 Å². The van der Waals surface area contributed by atoms with E-state index in [2.05, 4.69) is 4.72 Å². The molecule has 0 saturated heterocycles. The fraction of sp³-hybridized carbons (Fsp3) is 0.0870. The summed E-state index contributed by atoms with van der Waals surface area (Å²) in [7, 11) is -3.86. The van der Waals surface area contributed by atoms with E-state index in [-0.39, 0.29) is 10.8 Å². The zero-order valence-electron chi connectivity index (χ0n) is 15.7. The molecular formula is C23H18N2O3S. The van der Waals surface area contributed by atoms with Crippen molar-refractivity contribution in [1.29, 1.82) is 0 Å². The quantitative estimate of drug-likeness (QED) is 0.534. The van der Waals surface area contributed by atoms with Crippen LogP contribution in [0.15, 0.2) is 77.7 Å². The Hall–Kier alpha value is -3.38. The molecule has 0 bridgehead atoms. The van der Waals surface area contributed by atoms with Crippen LogP contribution in [0.3, 0.4) is 0 Å². The normalized spacial score (nSPS) is 13.4. The van der Waals surface area contributed by atoms with E-state index < -0.39 is 10.0 Å². The first-order valence-electron chi connectivity index (χ1n) is 9.39. The lowest BCUT2D eigenvalue weighted by molar-refractivity contribution is 0.0994. The van der Waals surface area contributed by atoms with Gasteiger partial charge in [0.05, 0.1) is 16.3 Å². The largest absolute Gasteiger partial charge is 0.308 e. The van der Waals surface area contributed by atoms with Crippen LogP contribution in [0.25, 0.3) is 21.5 Å². The number of hydrogen-bond acceptors (Lipinski definition) is 3. The summed E-state index contributed by atoms with van der Waals surface area (Å²) in [5, 5.41) is 3.03. The molecule has 1 aliphatic heterocycles. The maximum absolute atomic E-state index is 13.3. The second-order valence-corrected chi connectivity index (χ2v) is 8.64. The molecule has 5 nitrogen and oxygen atoms in total. The van der Waals surface area contributed by atoms with Crippen LogP contribution in [0.5, 0.6) is 0 Å². The number of anilines is 2. The van der Waals surface area contributed by atoms with Gasteiger partial charge in [0.25, 0.3) is 15.9 Å². The third-order valence-electron chi connectivity index (χ3n) is 5.38. The van der Waals surface area contributed by atoms with Crippen LogP contribution in [-0.4, -0.2) is 20.9 Å². The molecule has 1 amide bonds. The number of nitrogens with one attached hydrogen (secondary N) is 1. The first-order chi connectivity index (χ1) is 14.0. The third-order valence-corrected chi connectivity index (χ3v) is 6.81. The first kappa shape index (κ1) is 17.7. The highest BCUT2D eigenvalue weighted by molar-refractivity contribution is 7.93. The lowest BCUT2D eigenvalue weighted by Crippen LogP contribution is -2.25. The predicted molar refractivity (Wildman–Crippen MR) is 116 cm³/mol. The van der Waals surface area contributed by atoms with Gasteiger partial charge < -0.3 is 4.90 Å². The number of carbonyl (C=O) groups excluding carboxylic acids is 1. The van der Waals surface area contributed by atoms with Gasteiger partial charge in [-0.25, -0.2) is 8.42 Å². The van der Waals surface area contributed by atoms with Gasteiger partial charge in [-0.1, -0.05) is 48.5 Å². The smallest absolute Gasteiger partial charge is 0.262 e. The molecule has 0 atom stereocenters. The highest BCUT2D eigenvalue weighted by Gasteiger charge is 2.31. The Balaban J connectivity index is 1.68. The molecule has 29 heavy (non-hydrogen) atoms. The topological polar surface area (TPSA) is 66.5 Å². The van der Waals surface area contributed by atoms with Crippen molar-refractivity contribution < 1.29 is 13.2 Å². The average Bonchev–Trinajstić information content (AvgIpc) is 3.01. The van der Waals surface area contributed by atoms with Crippen molar-refractivity contribution >= 4 is 48.9 Å². The molecule has 4 aromatic rings. The highest BCUT2D eigenvalue weighted by Crippen LogP contribution is 2.40. The maximum Gasteiger partial charge on any atom is 0.262 e. The van der Waals surface area contributed by atoms with Crippen molar-refractivity contribution in [2.45, 2.75) is 11.8 Å². The van der Waals surface area contributed by atoms with Gasteiger partial charge in [-0.15, -0.1) is 0 Å². The van der Waals surface area contributed by atoms with Gasteiger partial charge in [0.2, 0.25) is 0 Å². The number of rotatable bonds is 4. The van der Waals surface area contributed by atoms with Crippen molar-refractivity contribution in [3.8, 4) is 0 Å². The molecule has 0 saturated carbocycles. The van der Waals surface area contributed by atoms with E-state index in [1.54, 1.807) is 41.3 Å². The number of nitrogens with zero attached hydrogens (tertiary/aromatic N) is 1. The molecule has 0 spiro atoms. The Kier molecular flexibility index (Phi) is 3.86. The summed E-state index contributed by atoms with van der Waals surface area (Å²) in [5.74, 6) is -0.0929. The van der Waals surface area contributed by atoms with Gasteiger partial charge in [-0.05, 0) is 36.6 Å². The van der Waals surface area contributed by atoms with Crippen LogP contribution >= 0.6 is 0 Å². The molecule has 4 aromatic carbocycles. The molecular weight excluding hydrogens is 384 g/mol. The second-order valence-electron chi connectivity index (χ2n) is 6.99. The monoisotopic (exact) mass is 402 g/mol. The lowest BCUT2D eigenvalue weighted by atomic mass is 10.1. The highest BCUT2D eigenvalue weighted by atomic mass is 32.2. The van der Waals surface area contributed by atoms with E-state index in [0.29, 0.717) is 28.6 Å². The molecule has 1 aliphatic rings. The lowest BCUT2D eigenvalue weighted by Gasteiger charge is -2.16. The van der Waals surface area contributed by atoms with Gasteiger partial charge in [0.15, 0.2) is 0 Å². The molecule has 1 N–H and O–H groups in total. The Labute approximate surface area is 168 Å². The second kappa shape index (κ2) is 6.32. The zero-order chi connectivity index (χ0) is 20.2. The molecule has 0 aliphatic carbocycles. The molecule has 0 radical (unpaired) electrons. The Morgan fingerprint density at radius 1 is 0.862 bits per heavy atom. The number of amides is 1. The van der Waals surface area contributed by atoms with Crippen LogP contribution in [0, 0.1) is 0 Å². The maximum atomic E-state index is 13.3. The SMILES string of the molecule is CCN1C(=O)c2cccc3c(S(=O)(=O)Nc4cccc5ccccc45)ccc1c23. The number of fused-ring (bicyclic) bond motifs is 1. The minimum Gasteiger partial charge on any atom is -0.308 e. The Bertz CT molecular complexity index is 1410. The van der Waals surface area contributed by atoms with E-state index in [1.165, 1.54) is 0 Å². The van der Waals surface area contributed by atoms with Crippen molar-refractivity contribution in [2.24, 2.45) is 0 Å². The predicted octanol–water partition coefficient (Wildman–Crippen LogP) is 4.77. The zero-order valence-corrected chi connectivity index (χ0v) is 16.5. The molecule has 6 heteroatoms. The molecule has 5 rings (SSSR count). The summed E-state index contributed by atoms with van der Waals surface area (Å²) in [5.41, 5.74) is 1.83. The summed E-state index contributed by atoms with van der Waals surface area (Å²) in [6.45, 7) is 2.44. The Morgan fingerprint density at radius 3 is 2.41 bits per heavy atom. The summed E-state index contributed by atoms with van der Waals surface area (Å²) in [6, 6.07) is 21.7. The molecule has 144 valence electrons. The van der Waals surface area contributed by atoms with E-state index in [4.69, 9.17) is 0 Å². The minimum atomic E-state index is -3.86. The number of sulfonamides is 1.